The molecule has 1 rings (SSSR count). The zero-order chi connectivity index (χ0) is 10.1. The molecule has 0 radical (unpaired) electrons. The van der Waals surface area contributed by atoms with Crippen LogP contribution in [0.5, 0.6) is 0 Å². The van der Waals surface area contributed by atoms with E-state index in [1.165, 1.54) is 6.07 Å². The number of aromatic nitrogens is 2. The van der Waals surface area contributed by atoms with Crippen LogP contribution >= 0.6 is 34.8 Å². The van der Waals surface area contributed by atoms with Gasteiger partial charge in [-0.15, -0.1) is 0 Å². The largest absolute Gasteiger partial charge is 0.325 e. The van der Waals surface area contributed by atoms with Crippen LogP contribution in [0.3, 0.4) is 0 Å². The highest BCUT2D eigenvalue weighted by molar-refractivity contribution is 6.66. The van der Waals surface area contributed by atoms with Crippen molar-refractivity contribution in [1.82, 2.24) is 9.97 Å². The molecule has 7 heteroatoms. The number of aromatic amines is 1. The third kappa shape index (κ3) is 2.84. The second kappa shape index (κ2) is 3.84. The molecule has 1 heterocycles. The maximum Gasteiger partial charge on any atom is 0.251 e. The van der Waals surface area contributed by atoms with Crippen molar-refractivity contribution in [2.24, 2.45) is 5.73 Å². The molecule has 0 bridgehead atoms. The summed E-state index contributed by atoms with van der Waals surface area (Å²) in [6.45, 7) is 0.123. The molecule has 0 saturated heterocycles. The molecule has 0 aliphatic heterocycles. The predicted molar refractivity (Wildman–Crippen MR) is 52.0 cm³/mol. The molecule has 0 saturated carbocycles. The molecular weight excluding hydrogens is 236 g/mol. The number of nitrogens with one attached hydrogen (secondary N) is 1. The number of nitrogens with two attached hydrogens (primary N) is 1. The maximum atomic E-state index is 11.0. The molecule has 72 valence electrons. The van der Waals surface area contributed by atoms with E-state index in [0.717, 1.165) is 0 Å². The van der Waals surface area contributed by atoms with Crippen molar-refractivity contribution in [1.29, 1.82) is 0 Å². The van der Waals surface area contributed by atoms with Crippen LogP contribution in [0.25, 0.3) is 0 Å². The first-order chi connectivity index (χ1) is 5.93. The molecule has 0 amide bonds. The minimum absolute atomic E-state index is 0.0227. The lowest BCUT2D eigenvalue weighted by Gasteiger charge is -2.09. The lowest BCUT2D eigenvalue weighted by Crippen LogP contribution is -2.19. The standard InChI is InChI=1S/C6H6Cl3N3O/c7-6(8,9)5-11-3(2-10)1-4(13)12-5/h1H,2,10H2,(H,11,12,13). The van der Waals surface area contributed by atoms with Crippen molar-refractivity contribution in [3.8, 4) is 0 Å². The number of hydrogen-bond acceptors (Lipinski definition) is 3. The number of hydrogen-bond donors (Lipinski definition) is 2. The van der Waals surface area contributed by atoms with Crippen molar-refractivity contribution < 1.29 is 0 Å². The van der Waals surface area contributed by atoms with Crippen LogP contribution in [0.15, 0.2) is 10.9 Å². The van der Waals surface area contributed by atoms with Crippen LogP contribution in [0.1, 0.15) is 11.5 Å². The summed E-state index contributed by atoms with van der Waals surface area (Å²) in [4.78, 5) is 17.1. The molecule has 0 aromatic carbocycles. The van der Waals surface area contributed by atoms with E-state index in [1.54, 1.807) is 0 Å². The van der Waals surface area contributed by atoms with Crippen LogP contribution in [-0.2, 0) is 10.3 Å². The Morgan fingerprint density at radius 1 is 1.54 bits per heavy atom. The van der Waals surface area contributed by atoms with Gasteiger partial charge in [-0.05, 0) is 0 Å². The average molecular weight is 242 g/mol. The van der Waals surface area contributed by atoms with E-state index in [0.29, 0.717) is 5.69 Å². The van der Waals surface area contributed by atoms with Gasteiger partial charge in [0.2, 0.25) is 3.79 Å². The number of alkyl halides is 3. The molecule has 0 aliphatic rings. The molecule has 0 aliphatic carbocycles. The summed E-state index contributed by atoms with van der Waals surface area (Å²) in [7, 11) is 0. The van der Waals surface area contributed by atoms with E-state index in [9.17, 15) is 4.79 Å². The summed E-state index contributed by atoms with van der Waals surface area (Å²) in [5.74, 6) is -0.0227. The van der Waals surface area contributed by atoms with Crippen molar-refractivity contribution >= 4 is 34.8 Å². The van der Waals surface area contributed by atoms with Crippen LogP contribution in [0.2, 0.25) is 0 Å². The van der Waals surface area contributed by atoms with Gasteiger partial charge in [-0.25, -0.2) is 4.98 Å². The molecule has 0 atom stereocenters. The zero-order valence-corrected chi connectivity index (χ0v) is 8.62. The summed E-state index contributed by atoms with van der Waals surface area (Å²) in [6.07, 6.45) is 0. The van der Waals surface area contributed by atoms with Crippen LogP contribution in [0, 0.1) is 0 Å². The first kappa shape index (κ1) is 10.8. The quantitative estimate of drug-likeness (QED) is 0.723. The fraction of sp³-hybridized carbons (Fsp3) is 0.333. The Kier molecular flexibility index (Phi) is 3.18. The number of halogens is 3. The molecule has 0 fully saturated rings. The fourth-order valence-corrected chi connectivity index (χ4v) is 1.02. The minimum atomic E-state index is -1.73. The monoisotopic (exact) mass is 241 g/mol. The van der Waals surface area contributed by atoms with Gasteiger partial charge >= 0.3 is 0 Å². The van der Waals surface area contributed by atoms with Crippen molar-refractivity contribution in [2.45, 2.75) is 10.3 Å². The van der Waals surface area contributed by atoms with Crippen LogP contribution < -0.4 is 11.3 Å². The number of H-pyrrole nitrogens is 1. The maximum absolute atomic E-state index is 11.0. The molecule has 3 N–H and O–H groups in total. The van der Waals surface area contributed by atoms with Crippen molar-refractivity contribution in [3.05, 3.63) is 27.9 Å². The number of rotatable bonds is 1. The molecule has 1 aromatic rings. The third-order valence-corrected chi connectivity index (χ3v) is 1.81. The predicted octanol–water partition coefficient (Wildman–Crippen LogP) is 1.06. The van der Waals surface area contributed by atoms with E-state index in [-0.39, 0.29) is 12.4 Å². The summed E-state index contributed by atoms with van der Waals surface area (Å²) < 4.78 is -1.73. The van der Waals surface area contributed by atoms with E-state index < -0.39 is 9.35 Å². The lowest BCUT2D eigenvalue weighted by molar-refractivity contribution is 0.873. The first-order valence-electron chi connectivity index (χ1n) is 3.31. The van der Waals surface area contributed by atoms with Gasteiger partial charge in [-0.2, -0.15) is 0 Å². The highest BCUT2D eigenvalue weighted by Gasteiger charge is 2.26. The minimum Gasteiger partial charge on any atom is -0.325 e. The van der Waals surface area contributed by atoms with E-state index >= 15 is 0 Å². The van der Waals surface area contributed by atoms with Gasteiger partial charge in [0, 0.05) is 12.6 Å². The Labute approximate surface area is 89.0 Å². The summed E-state index contributed by atoms with van der Waals surface area (Å²) in [6, 6.07) is 1.25. The molecule has 13 heavy (non-hydrogen) atoms. The van der Waals surface area contributed by atoms with Crippen LogP contribution in [-0.4, -0.2) is 9.97 Å². The van der Waals surface area contributed by atoms with Gasteiger partial charge in [0.05, 0.1) is 5.69 Å². The molecule has 0 spiro atoms. The Morgan fingerprint density at radius 3 is 2.62 bits per heavy atom. The average Bonchev–Trinajstić information content (AvgIpc) is 2.01. The molecular formula is C6H6Cl3N3O. The zero-order valence-electron chi connectivity index (χ0n) is 6.35. The van der Waals surface area contributed by atoms with Crippen LogP contribution in [0.4, 0.5) is 0 Å². The van der Waals surface area contributed by atoms with Crippen molar-refractivity contribution in [2.75, 3.05) is 0 Å². The summed E-state index contributed by atoms with van der Waals surface area (Å²) in [5, 5.41) is 0. The third-order valence-electron chi connectivity index (χ3n) is 1.27. The SMILES string of the molecule is NCc1cc(=O)[nH]c(C(Cl)(Cl)Cl)n1. The highest BCUT2D eigenvalue weighted by Crippen LogP contribution is 2.35. The first-order valence-corrected chi connectivity index (χ1v) is 4.44. The van der Waals surface area contributed by atoms with E-state index in [1.807, 2.05) is 0 Å². The van der Waals surface area contributed by atoms with Gasteiger partial charge in [0.15, 0.2) is 5.82 Å². The molecule has 1 aromatic heterocycles. The normalized spacial score (nSPS) is 11.7. The van der Waals surface area contributed by atoms with Gasteiger partial charge in [-0.1, -0.05) is 34.8 Å². The second-order valence-corrected chi connectivity index (χ2v) is 4.57. The fourth-order valence-electron chi connectivity index (χ4n) is 0.747. The van der Waals surface area contributed by atoms with E-state index in [2.05, 4.69) is 9.97 Å². The Balaban J connectivity index is 3.24. The smallest absolute Gasteiger partial charge is 0.251 e. The Bertz CT molecular complexity index is 357. The van der Waals surface area contributed by atoms with Gasteiger partial charge in [0.1, 0.15) is 0 Å². The highest BCUT2D eigenvalue weighted by atomic mass is 35.6. The van der Waals surface area contributed by atoms with Crippen molar-refractivity contribution in [3.63, 3.8) is 0 Å². The molecule has 0 unspecified atom stereocenters. The second-order valence-electron chi connectivity index (χ2n) is 2.29. The topological polar surface area (TPSA) is 71.8 Å². The Hall–Kier alpha value is -0.290. The Morgan fingerprint density at radius 2 is 2.15 bits per heavy atom. The van der Waals surface area contributed by atoms with Gasteiger partial charge < -0.3 is 10.7 Å². The number of nitrogens with zero attached hydrogens (tertiary/aromatic N) is 1. The van der Waals surface area contributed by atoms with Gasteiger partial charge in [-0.3, -0.25) is 4.79 Å². The molecule has 4 nitrogen and oxygen atoms in total. The summed E-state index contributed by atoms with van der Waals surface area (Å²) in [5.41, 5.74) is 5.27. The lowest BCUT2D eigenvalue weighted by atomic mass is 10.4. The van der Waals surface area contributed by atoms with E-state index in [4.69, 9.17) is 40.5 Å². The summed E-state index contributed by atoms with van der Waals surface area (Å²) >= 11 is 16.6. The van der Waals surface area contributed by atoms with Gasteiger partial charge in [0.25, 0.3) is 5.56 Å².